The van der Waals surface area contributed by atoms with Gasteiger partial charge in [-0.1, -0.05) is 17.7 Å². The van der Waals surface area contributed by atoms with Crippen LogP contribution in [0.15, 0.2) is 24.3 Å². The normalized spacial score (nSPS) is 14.3. The third-order valence-electron chi connectivity index (χ3n) is 3.93. The first-order chi connectivity index (χ1) is 11.3. The first kappa shape index (κ1) is 16.8. The van der Waals surface area contributed by atoms with Crippen LogP contribution in [0.4, 0.5) is 18.9 Å². The van der Waals surface area contributed by atoms with Gasteiger partial charge in [0.1, 0.15) is 6.54 Å². The molecule has 2 aromatic rings. The van der Waals surface area contributed by atoms with Crippen molar-refractivity contribution in [3.05, 3.63) is 46.2 Å². The number of halogens is 4. The van der Waals surface area contributed by atoms with Gasteiger partial charge in [0.25, 0.3) is 0 Å². The number of carbonyl (C=O) groups is 1. The van der Waals surface area contributed by atoms with Crippen molar-refractivity contribution in [2.45, 2.75) is 38.4 Å². The van der Waals surface area contributed by atoms with Crippen molar-refractivity contribution in [2.75, 3.05) is 5.32 Å². The van der Waals surface area contributed by atoms with Gasteiger partial charge in [-0.3, -0.25) is 9.48 Å². The van der Waals surface area contributed by atoms with Crippen LogP contribution in [0.1, 0.15) is 29.8 Å². The number of hydrogen-bond donors (Lipinski definition) is 1. The van der Waals surface area contributed by atoms with E-state index in [-0.39, 0.29) is 12.1 Å². The Balaban J connectivity index is 1.82. The minimum atomic E-state index is -4.50. The second-order valence-electron chi connectivity index (χ2n) is 5.69. The lowest BCUT2D eigenvalue weighted by molar-refractivity contribution is -0.142. The summed E-state index contributed by atoms with van der Waals surface area (Å²) in [7, 11) is 0. The molecule has 4 nitrogen and oxygen atoms in total. The molecule has 1 aromatic carbocycles. The van der Waals surface area contributed by atoms with Crippen LogP contribution in [0.3, 0.4) is 0 Å². The van der Waals surface area contributed by atoms with Crippen LogP contribution < -0.4 is 5.32 Å². The fourth-order valence-corrected chi connectivity index (χ4v) is 3.12. The summed E-state index contributed by atoms with van der Waals surface area (Å²) < 4.78 is 40.6. The third kappa shape index (κ3) is 3.56. The van der Waals surface area contributed by atoms with Gasteiger partial charge in [0, 0.05) is 22.0 Å². The molecule has 1 aromatic heterocycles. The van der Waals surface area contributed by atoms with Crippen LogP contribution in [0, 0.1) is 0 Å². The molecular weight excluding hydrogens is 343 g/mol. The average Bonchev–Trinajstić information content (AvgIpc) is 2.86. The summed E-state index contributed by atoms with van der Waals surface area (Å²) in [6, 6.07) is 6.56. The zero-order chi connectivity index (χ0) is 17.3. The van der Waals surface area contributed by atoms with Crippen molar-refractivity contribution in [3.63, 3.8) is 0 Å². The number of rotatable bonds is 3. The molecule has 1 N–H and O–H groups in total. The summed E-state index contributed by atoms with van der Waals surface area (Å²) in [6.07, 6.45) is -2.15. The molecule has 3 rings (SSSR count). The number of benzene rings is 1. The summed E-state index contributed by atoms with van der Waals surface area (Å²) in [4.78, 5) is 12.1. The maximum atomic E-state index is 13.1. The molecule has 0 spiro atoms. The fraction of sp³-hybridized carbons (Fsp3) is 0.375. The van der Waals surface area contributed by atoms with Crippen molar-refractivity contribution in [2.24, 2.45) is 0 Å². The Kier molecular flexibility index (Phi) is 4.54. The number of anilines is 1. The van der Waals surface area contributed by atoms with E-state index < -0.39 is 17.8 Å². The Morgan fingerprint density at radius 1 is 1.29 bits per heavy atom. The molecule has 0 saturated heterocycles. The zero-order valence-corrected chi connectivity index (χ0v) is 13.4. The lowest BCUT2D eigenvalue weighted by Gasteiger charge is -2.14. The maximum absolute atomic E-state index is 13.1. The number of carbonyl (C=O) groups excluding carboxylic acids is 1. The van der Waals surface area contributed by atoms with Crippen LogP contribution in [-0.4, -0.2) is 15.7 Å². The SMILES string of the molecule is O=C(Cn1nc(C(F)(F)F)c2c1CCCC2)Nc1cccc(Cl)c1. The highest BCUT2D eigenvalue weighted by atomic mass is 35.5. The van der Waals surface area contributed by atoms with Gasteiger partial charge in [0.05, 0.1) is 0 Å². The summed E-state index contributed by atoms with van der Waals surface area (Å²) in [5.41, 5.74) is 0.358. The number of hydrogen-bond acceptors (Lipinski definition) is 2. The molecule has 0 aliphatic heterocycles. The van der Waals surface area contributed by atoms with E-state index in [1.165, 1.54) is 4.68 Å². The minimum absolute atomic E-state index is 0.226. The van der Waals surface area contributed by atoms with Crippen molar-refractivity contribution in [1.29, 1.82) is 0 Å². The van der Waals surface area contributed by atoms with Crippen LogP contribution in [0.5, 0.6) is 0 Å². The number of amides is 1. The third-order valence-corrected chi connectivity index (χ3v) is 4.16. The molecule has 0 saturated carbocycles. The topological polar surface area (TPSA) is 46.9 Å². The second kappa shape index (κ2) is 6.47. The van der Waals surface area contributed by atoms with Gasteiger partial charge in [-0.2, -0.15) is 18.3 Å². The predicted octanol–water partition coefficient (Wildman–Crippen LogP) is 4.07. The molecule has 0 atom stereocenters. The number of aromatic nitrogens is 2. The summed E-state index contributed by atoms with van der Waals surface area (Å²) in [5.74, 6) is -0.443. The highest BCUT2D eigenvalue weighted by Gasteiger charge is 2.39. The molecule has 1 heterocycles. The molecule has 0 unspecified atom stereocenters. The largest absolute Gasteiger partial charge is 0.435 e. The van der Waals surface area contributed by atoms with Crippen molar-refractivity contribution >= 4 is 23.2 Å². The van der Waals surface area contributed by atoms with Gasteiger partial charge in [-0.25, -0.2) is 0 Å². The molecule has 24 heavy (non-hydrogen) atoms. The van der Waals surface area contributed by atoms with Gasteiger partial charge in [0.2, 0.25) is 5.91 Å². The summed E-state index contributed by atoms with van der Waals surface area (Å²) in [6.45, 7) is -0.259. The second-order valence-corrected chi connectivity index (χ2v) is 6.13. The van der Waals surface area contributed by atoms with E-state index in [1.807, 2.05) is 0 Å². The lowest BCUT2D eigenvalue weighted by atomic mass is 9.95. The van der Waals surface area contributed by atoms with E-state index in [2.05, 4.69) is 10.4 Å². The molecule has 1 amide bonds. The van der Waals surface area contributed by atoms with E-state index >= 15 is 0 Å². The van der Waals surface area contributed by atoms with Gasteiger partial charge < -0.3 is 5.32 Å². The maximum Gasteiger partial charge on any atom is 0.435 e. The van der Waals surface area contributed by atoms with E-state index in [1.54, 1.807) is 24.3 Å². The van der Waals surface area contributed by atoms with Crippen LogP contribution in [-0.2, 0) is 30.4 Å². The van der Waals surface area contributed by atoms with Gasteiger partial charge >= 0.3 is 6.18 Å². The quantitative estimate of drug-likeness (QED) is 0.900. The molecule has 128 valence electrons. The predicted molar refractivity (Wildman–Crippen MR) is 84.0 cm³/mol. The first-order valence-electron chi connectivity index (χ1n) is 7.56. The summed E-state index contributed by atoms with van der Waals surface area (Å²) >= 11 is 5.84. The Morgan fingerprint density at radius 2 is 2.04 bits per heavy atom. The van der Waals surface area contributed by atoms with Gasteiger partial charge in [-0.15, -0.1) is 0 Å². The molecule has 0 radical (unpaired) electrons. The van der Waals surface area contributed by atoms with Crippen molar-refractivity contribution in [3.8, 4) is 0 Å². The first-order valence-corrected chi connectivity index (χ1v) is 7.93. The number of alkyl halides is 3. The lowest BCUT2D eigenvalue weighted by Crippen LogP contribution is -2.21. The molecule has 0 fully saturated rings. The number of nitrogens with zero attached hydrogens (tertiary/aromatic N) is 2. The number of fused-ring (bicyclic) bond motifs is 1. The van der Waals surface area contributed by atoms with E-state index in [0.717, 1.165) is 6.42 Å². The van der Waals surface area contributed by atoms with Crippen LogP contribution >= 0.6 is 11.6 Å². The zero-order valence-electron chi connectivity index (χ0n) is 12.7. The summed E-state index contributed by atoms with van der Waals surface area (Å²) in [5, 5.41) is 6.75. The highest BCUT2D eigenvalue weighted by Crippen LogP contribution is 2.35. The van der Waals surface area contributed by atoms with Gasteiger partial charge in [-0.05, 0) is 43.9 Å². The smallest absolute Gasteiger partial charge is 0.324 e. The fourth-order valence-electron chi connectivity index (χ4n) is 2.93. The Labute approximate surface area is 141 Å². The average molecular weight is 358 g/mol. The van der Waals surface area contributed by atoms with Crippen molar-refractivity contribution < 1.29 is 18.0 Å². The monoisotopic (exact) mass is 357 g/mol. The molecule has 1 aliphatic rings. The molecule has 1 aliphatic carbocycles. The molecular formula is C16H15ClF3N3O. The Bertz CT molecular complexity index is 770. The van der Waals surface area contributed by atoms with Crippen molar-refractivity contribution in [1.82, 2.24) is 9.78 Å². The van der Waals surface area contributed by atoms with Gasteiger partial charge in [0.15, 0.2) is 5.69 Å². The van der Waals surface area contributed by atoms with E-state index in [0.29, 0.717) is 35.7 Å². The standard InChI is InChI=1S/C16H15ClF3N3O/c17-10-4-3-5-11(8-10)21-14(24)9-23-13-7-2-1-6-12(13)15(22-23)16(18,19)20/h3-5,8H,1-2,6-7,9H2,(H,21,24). The number of nitrogens with one attached hydrogen (secondary N) is 1. The van der Waals surface area contributed by atoms with Crippen LogP contribution in [0.25, 0.3) is 0 Å². The molecule has 0 bridgehead atoms. The minimum Gasteiger partial charge on any atom is -0.324 e. The van der Waals surface area contributed by atoms with Crippen LogP contribution in [0.2, 0.25) is 5.02 Å². The van der Waals surface area contributed by atoms with E-state index in [9.17, 15) is 18.0 Å². The Morgan fingerprint density at radius 3 is 2.75 bits per heavy atom. The Hall–Kier alpha value is -2.02. The van der Waals surface area contributed by atoms with E-state index in [4.69, 9.17) is 11.6 Å². The molecule has 8 heteroatoms. The highest BCUT2D eigenvalue weighted by molar-refractivity contribution is 6.30.